The van der Waals surface area contributed by atoms with Gasteiger partial charge in [-0.2, -0.15) is 0 Å². The van der Waals surface area contributed by atoms with Crippen molar-refractivity contribution in [2.24, 2.45) is 5.92 Å². The molecule has 0 amide bonds. The first-order chi connectivity index (χ1) is 9.84. The summed E-state index contributed by atoms with van der Waals surface area (Å²) in [5.41, 5.74) is 2.62. The fraction of sp³-hybridized carbons (Fsp3) is 0.263. The van der Waals surface area contributed by atoms with Crippen molar-refractivity contribution in [2.45, 2.75) is 19.9 Å². The Morgan fingerprint density at radius 2 is 1.60 bits per heavy atom. The molecule has 0 bridgehead atoms. The normalized spacial score (nSPS) is 12.7. The maximum atomic E-state index is 3.52. The summed E-state index contributed by atoms with van der Waals surface area (Å²) in [5.74, 6) is 0.652. The molecule has 0 aliphatic carbocycles. The van der Waals surface area contributed by atoms with Crippen molar-refractivity contribution in [3.8, 4) is 0 Å². The molecule has 0 saturated carbocycles. The van der Waals surface area contributed by atoms with Gasteiger partial charge in [-0.1, -0.05) is 79.7 Å². The van der Waals surface area contributed by atoms with E-state index >= 15 is 0 Å². The molecule has 2 aromatic rings. The van der Waals surface area contributed by atoms with Gasteiger partial charge < -0.3 is 5.32 Å². The molecule has 1 nitrogen and oxygen atoms in total. The Bertz CT molecular complexity index is 502. The van der Waals surface area contributed by atoms with E-state index in [1.54, 1.807) is 0 Å². The lowest BCUT2D eigenvalue weighted by atomic mass is 10.1. The summed E-state index contributed by atoms with van der Waals surface area (Å²) in [7, 11) is 0. The molecule has 0 radical (unpaired) electrons. The van der Waals surface area contributed by atoms with Crippen LogP contribution in [-0.2, 0) is 6.54 Å². The summed E-state index contributed by atoms with van der Waals surface area (Å²) in [6, 6.07) is 21.0. The average molecular weight is 265 g/mol. The third kappa shape index (κ3) is 5.41. The minimum absolute atomic E-state index is 0.652. The molecule has 0 aliphatic rings. The van der Waals surface area contributed by atoms with Crippen LogP contribution in [0.4, 0.5) is 0 Å². The molecule has 104 valence electrons. The molecule has 0 fully saturated rings. The molecule has 0 unspecified atom stereocenters. The van der Waals surface area contributed by atoms with E-state index < -0.39 is 0 Å². The quantitative estimate of drug-likeness (QED) is 0.776. The largest absolute Gasteiger partial charge is 0.312 e. The van der Waals surface area contributed by atoms with Gasteiger partial charge in [0.15, 0.2) is 0 Å². The topological polar surface area (TPSA) is 12.0 Å². The van der Waals surface area contributed by atoms with E-state index in [9.17, 15) is 0 Å². The van der Waals surface area contributed by atoms with Crippen LogP contribution in [0.2, 0.25) is 0 Å². The van der Waals surface area contributed by atoms with Crippen molar-refractivity contribution in [1.29, 1.82) is 0 Å². The predicted molar refractivity (Wildman–Crippen MR) is 87.4 cm³/mol. The first-order valence-corrected chi connectivity index (χ1v) is 7.31. The van der Waals surface area contributed by atoms with Crippen LogP contribution >= 0.6 is 0 Å². The van der Waals surface area contributed by atoms with E-state index in [2.05, 4.69) is 79.0 Å². The summed E-state index contributed by atoms with van der Waals surface area (Å²) in [6.45, 7) is 4.29. The van der Waals surface area contributed by atoms with Gasteiger partial charge in [0, 0.05) is 6.54 Å². The maximum absolute atomic E-state index is 3.52. The number of rotatable bonds is 7. The van der Waals surface area contributed by atoms with Crippen LogP contribution in [0.25, 0.3) is 6.08 Å². The van der Waals surface area contributed by atoms with Crippen LogP contribution in [-0.4, -0.2) is 6.54 Å². The number of allylic oxidation sites excluding steroid dienone is 1. The van der Waals surface area contributed by atoms with Crippen LogP contribution in [0.5, 0.6) is 0 Å². The lowest BCUT2D eigenvalue weighted by Gasteiger charge is -2.10. The summed E-state index contributed by atoms with van der Waals surface area (Å²) >= 11 is 0. The molecule has 1 N–H and O–H groups in total. The van der Waals surface area contributed by atoms with Crippen LogP contribution in [0.1, 0.15) is 24.5 Å². The SMILES string of the molecule is C[C@H](CC=Cc1ccccc1)CNCc1ccccc1. The molecule has 0 aromatic heterocycles. The van der Waals surface area contributed by atoms with Crippen molar-refractivity contribution < 1.29 is 0 Å². The van der Waals surface area contributed by atoms with Crippen LogP contribution in [0.15, 0.2) is 66.7 Å². The fourth-order valence-corrected chi connectivity index (χ4v) is 2.14. The third-order valence-corrected chi connectivity index (χ3v) is 3.31. The zero-order valence-electron chi connectivity index (χ0n) is 12.1. The highest BCUT2D eigenvalue weighted by Gasteiger charge is 1.99. The minimum atomic E-state index is 0.652. The van der Waals surface area contributed by atoms with E-state index in [1.165, 1.54) is 11.1 Å². The molecule has 2 rings (SSSR count). The Morgan fingerprint density at radius 1 is 0.950 bits per heavy atom. The highest BCUT2D eigenvalue weighted by molar-refractivity contribution is 5.48. The Labute approximate surface area is 122 Å². The van der Waals surface area contributed by atoms with Gasteiger partial charge in [0.05, 0.1) is 0 Å². The monoisotopic (exact) mass is 265 g/mol. The second-order valence-corrected chi connectivity index (χ2v) is 5.27. The van der Waals surface area contributed by atoms with E-state index in [-0.39, 0.29) is 0 Å². The molecule has 1 heteroatoms. The maximum Gasteiger partial charge on any atom is 0.0205 e. The standard InChI is InChI=1S/C19H23N/c1-17(9-8-14-18-10-4-2-5-11-18)15-20-16-19-12-6-3-7-13-19/h2-8,10-14,17,20H,9,15-16H2,1H3/t17-/m1/s1. The van der Waals surface area contributed by atoms with Gasteiger partial charge in [-0.15, -0.1) is 0 Å². The van der Waals surface area contributed by atoms with E-state index in [4.69, 9.17) is 0 Å². The molecule has 0 aliphatic heterocycles. The number of hydrogen-bond donors (Lipinski definition) is 1. The van der Waals surface area contributed by atoms with Gasteiger partial charge in [-0.25, -0.2) is 0 Å². The second-order valence-electron chi connectivity index (χ2n) is 5.27. The molecular formula is C19H23N. The van der Waals surface area contributed by atoms with Crippen molar-refractivity contribution in [2.75, 3.05) is 6.54 Å². The van der Waals surface area contributed by atoms with E-state index in [0.717, 1.165) is 19.5 Å². The fourth-order valence-electron chi connectivity index (χ4n) is 2.14. The number of nitrogens with one attached hydrogen (secondary N) is 1. The molecule has 20 heavy (non-hydrogen) atoms. The summed E-state index contributed by atoms with van der Waals surface area (Å²) in [6.07, 6.45) is 5.58. The highest BCUT2D eigenvalue weighted by atomic mass is 14.8. The van der Waals surface area contributed by atoms with Gasteiger partial charge in [0.1, 0.15) is 0 Å². The number of hydrogen-bond acceptors (Lipinski definition) is 1. The van der Waals surface area contributed by atoms with E-state index in [0.29, 0.717) is 5.92 Å². The smallest absolute Gasteiger partial charge is 0.0205 e. The van der Waals surface area contributed by atoms with Gasteiger partial charge in [-0.3, -0.25) is 0 Å². The summed E-state index contributed by atoms with van der Waals surface area (Å²) in [4.78, 5) is 0. The Balaban J connectivity index is 1.66. The average Bonchev–Trinajstić information content (AvgIpc) is 2.49. The van der Waals surface area contributed by atoms with Crippen molar-refractivity contribution in [3.05, 3.63) is 77.9 Å². The first kappa shape index (κ1) is 14.5. The zero-order valence-corrected chi connectivity index (χ0v) is 12.1. The lowest BCUT2D eigenvalue weighted by Crippen LogP contribution is -2.20. The van der Waals surface area contributed by atoms with Crippen LogP contribution < -0.4 is 5.32 Å². The molecule has 0 heterocycles. The minimum Gasteiger partial charge on any atom is -0.312 e. The van der Waals surface area contributed by atoms with E-state index in [1.807, 2.05) is 6.07 Å². The van der Waals surface area contributed by atoms with Crippen molar-refractivity contribution in [3.63, 3.8) is 0 Å². The van der Waals surface area contributed by atoms with Crippen molar-refractivity contribution in [1.82, 2.24) is 5.32 Å². The third-order valence-electron chi connectivity index (χ3n) is 3.31. The van der Waals surface area contributed by atoms with Gasteiger partial charge in [0.2, 0.25) is 0 Å². The van der Waals surface area contributed by atoms with Crippen LogP contribution in [0.3, 0.4) is 0 Å². The summed E-state index contributed by atoms with van der Waals surface area (Å²) in [5, 5.41) is 3.52. The van der Waals surface area contributed by atoms with Gasteiger partial charge in [-0.05, 0) is 30.0 Å². The molecular weight excluding hydrogens is 242 g/mol. The second kappa shape index (κ2) is 8.34. The molecule has 0 spiro atoms. The Kier molecular flexibility index (Phi) is 6.07. The Hall–Kier alpha value is -1.86. The number of benzene rings is 2. The highest BCUT2D eigenvalue weighted by Crippen LogP contribution is 2.07. The molecule has 2 aromatic carbocycles. The zero-order chi connectivity index (χ0) is 14.0. The summed E-state index contributed by atoms with van der Waals surface area (Å²) < 4.78 is 0. The van der Waals surface area contributed by atoms with Gasteiger partial charge >= 0.3 is 0 Å². The van der Waals surface area contributed by atoms with Gasteiger partial charge in [0.25, 0.3) is 0 Å². The van der Waals surface area contributed by atoms with Crippen LogP contribution in [0, 0.1) is 5.92 Å². The molecule has 0 saturated heterocycles. The predicted octanol–water partition coefficient (Wildman–Crippen LogP) is 4.52. The molecule has 1 atom stereocenters. The first-order valence-electron chi connectivity index (χ1n) is 7.31. The lowest BCUT2D eigenvalue weighted by molar-refractivity contribution is 0.519. The van der Waals surface area contributed by atoms with Crippen molar-refractivity contribution >= 4 is 6.08 Å². The Morgan fingerprint density at radius 3 is 2.30 bits per heavy atom.